The third-order valence-corrected chi connectivity index (χ3v) is 2.89. The van der Waals surface area contributed by atoms with E-state index >= 15 is 0 Å². The van der Waals surface area contributed by atoms with Crippen LogP contribution in [0.5, 0.6) is 5.75 Å². The van der Waals surface area contributed by atoms with Crippen molar-refractivity contribution in [3.63, 3.8) is 0 Å². The molecule has 0 spiro atoms. The summed E-state index contributed by atoms with van der Waals surface area (Å²) < 4.78 is 0. The molecule has 2 rings (SSSR count). The second-order valence-corrected chi connectivity index (χ2v) is 4.26. The number of rotatable bonds is 1. The number of halogens is 2. The zero-order valence-corrected chi connectivity index (χ0v) is 10.0. The van der Waals surface area contributed by atoms with Gasteiger partial charge in [0.05, 0.1) is 5.69 Å². The van der Waals surface area contributed by atoms with E-state index in [1.54, 1.807) is 37.4 Å². The minimum absolute atomic E-state index is 0.131. The highest BCUT2D eigenvalue weighted by atomic mass is 35.5. The quantitative estimate of drug-likeness (QED) is 0.832. The fraction of sp³-hybridized carbons (Fsp3) is 0.0833. The molecule has 82 valence electrons. The number of aromatic nitrogens is 1. The zero-order valence-electron chi connectivity index (χ0n) is 8.54. The molecule has 0 atom stereocenters. The van der Waals surface area contributed by atoms with Crippen molar-refractivity contribution in [2.45, 2.75) is 6.92 Å². The van der Waals surface area contributed by atoms with Crippen LogP contribution in [0.15, 0.2) is 30.5 Å². The predicted octanol–water partition coefficient (Wildman–Crippen LogP) is 4.07. The first kappa shape index (κ1) is 11.2. The second kappa shape index (κ2) is 4.32. The van der Waals surface area contributed by atoms with E-state index in [9.17, 15) is 5.11 Å². The average Bonchev–Trinajstić information content (AvgIpc) is 2.26. The van der Waals surface area contributed by atoms with Crippen LogP contribution in [0.2, 0.25) is 10.0 Å². The van der Waals surface area contributed by atoms with E-state index < -0.39 is 0 Å². The molecule has 2 aromatic rings. The zero-order chi connectivity index (χ0) is 11.7. The highest BCUT2D eigenvalue weighted by molar-refractivity contribution is 6.35. The lowest BCUT2D eigenvalue weighted by Gasteiger charge is -2.08. The van der Waals surface area contributed by atoms with Crippen LogP contribution in [0.1, 0.15) is 5.69 Å². The van der Waals surface area contributed by atoms with E-state index in [2.05, 4.69) is 4.98 Å². The van der Waals surface area contributed by atoms with Gasteiger partial charge in [0, 0.05) is 27.4 Å². The van der Waals surface area contributed by atoms with Crippen LogP contribution in [0, 0.1) is 6.92 Å². The van der Waals surface area contributed by atoms with Gasteiger partial charge in [-0.05, 0) is 31.2 Å². The van der Waals surface area contributed by atoms with Gasteiger partial charge in [0.1, 0.15) is 5.75 Å². The minimum Gasteiger partial charge on any atom is -0.505 e. The Morgan fingerprint density at radius 1 is 1.12 bits per heavy atom. The third-order valence-electron chi connectivity index (χ3n) is 2.33. The maximum Gasteiger partial charge on any atom is 0.144 e. The Morgan fingerprint density at radius 3 is 2.62 bits per heavy atom. The largest absolute Gasteiger partial charge is 0.505 e. The summed E-state index contributed by atoms with van der Waals surface area (Å²) in [6.07, 6.45) is 1.63. The van der Waals surface area contributed by atoms with E-state index in [1.807, 2.05) is 0 Å². The van der Waals surface area contributed by atoms with Crippen molar-refractivity contribution in [1.29, 1.82) is 0 Å². The first-order chi connectivity index (χ1) is 7.59. The van der Waals surface area contributed by atoms with Crippen molar-refractivity contribution in [2.24, 2.45) is 0 Å². The summed E-state index contributed by atoms with van der Waals surface area (Å²) in [6, 6.07) is 6.84. The molecule has 1 heterocycles. The van der Waals surface area contributed by atoms with Crippen molar-refractivity contribution in [3.05, 3.63) is 46.2 Å². The summed E-state index contributed by atoms with van der Waals surface area (Å²) in [7, 11) is 0. The van der Waals surface area contributed by atoms with Gasteiger partial charge >= 0.3 is 0 Å². The van der Waals surface area contributed by atoms with Gasteiger partial charge in [-0.3, -0.25) is 4.98 Å². The van der Waals surface area contributed by atoms with Crippen LogP contribution in [0.4, 0.5) is 0 Å². The number of pyridine rings is 1. The summed E-state index contributed by atoms with van der Waals surface area (Å²) in [4.78, 5) is 3.99. The van der Waals surface area contributed by atoms with Gasteiger partial charge in [0.2, 0.25) is 0 Å². The molecule has 0 aliphatic heterocycles. The molecule has 1 aromatic carbocycles. The van der Waals surface area contributed by atoms with E-state index in [0.717, 1.165) is 0 Å². The maximum absolute atomic E-state index is 9.90. The molecule has 0 amide bonds. The lowest BCUT2D eigenvalue weighted by molar-refractivity contribution is 0.470. The highest BCUT2D eigenvalue weighted by Crippen LogP contribution is 2.36. The van der Waals surface area contributed by atoms with Crippen LogP contribution in [-0.4, -0.2) is 10.1 Å². The van der Waals surface area contributed by atoms with Crippen molar-refractivity contribution in [1.82, 2.24) is 4.98 Å². The number of aromatic hydroxyl groups is 1. The molecule has 1 N–H and O–H groups in total. The van der Waals surface area contributed by atoms with Gasteiger partial charge < -0.3 is 5.11 Å². The molecule has 0 radical (unpaired) electrons. The van der Waals surface area contributed by atoms with Gasteiger partial charge in [-0.25, -0.2) is 0 Å². The predicted molar refractivity (Wildman–Crippen MR) is 66.1 cm³/mol. The number of aryl methyl sites for hydroxylation is 1. The Labute approximate surface area is 103 Å². The monoisotopic (exact) mass is 253 g/mol. The Balaban J connectivity index is 2.67. The lowest BCUT2D eigenvalue weighted by atomic mass is 10.1. The third kappa shape index (κ3) is 1.99. The van der Waals surface area contributed by atoms with Crippen LogP contribution in [0.3, 0.4) is 0 Å². The summed E-state index contributed by atoms with van der Waals surface area (Å²) in [5.41, 5.74) is 1.91. The molecule has 0 aliphatic rings. The molecule has 2 nitrogen and oxygen atoms in total. The number of hydrogen-bond donors (Lipinski definition) is 1. The van der Waals surface area contributed by atoms with E-state index in [0.29, 0.717) is 26.9 Å². The molecule has 4 heteroatoms. The maximum atomic E-state index is 9.90. The van der Waals surface area contributed by atoms with E-state index in [-0.39, 0.29) is 5.75 Å². The normalized spacial score (nSPS) is 10.4. The Hall–Kier alpha value is -1.25. The van der Waals surface area contributed by atoms with E-state index in [4.69, 9.17) is 23.2 Å². The molecule has 0 unspecified atom stereocenters. The van der Waals surface area contributed by atoms with Gasteiger partial charge in [0.15, 0.2) is 0 Å². The standard InChI is InChI=1S/C12H9Cl2NO/c1-7-12(16)9(4-5-15-7)10-6-8(13)2-3-11(10)14/h2-6,16H,1H3. The first-order valence-electron chi connectivity index (χ1n) is 4.69. The molecule has 0 fully saturated rings. The Bertz CT molecular complexity index is 541. The van der Waals surface area contributed by atoms with E-state index in [1.165, 1.54) is 0 Å². The van der Waals surface area contributed by atoms with Crippen molar-refractivity contribution >= 4 is 23.2 Å². The molecule has 1 aromatic heterocycles. The van der Waals surface area contributed by atoms with Gasteiger partial charge in [0.25, 0.3) is 0 Å². The van der Waals surface area contributed by atoms with Crippen LogP contribution >= 0.6 is 23.2 Å². The summed E-state index contributed by atoms with van der Waals surface area (Å²) in [5.74, 6) is 0.131. The van der Waals surface area contributed by atoms with Gasteiger partial charge in [-0.2, -0.15) is 0 Å². The molecular weight excluding hydrogens is 245 g/mol. The first-order valence-corrected chi connectivity index (χ1v) is 5.45. The molecular formula is C12H9Cl2NO. The van der Waals surface area contributed by atoms with Crippen LogP contribution in [0.25, 0.3) is 11.1 Å². The van der Waals surface area contributed by atoms with Gasteiger partial charge in [-0.15, -0.1) is 0 Å². The summed E-state index contributed by atoms with van der Waals surface area (Å²) in [6.45, 7) is 1.73. The Kier molecular flexibility index (Phi) is 3.03. The molecule has 0 saturated heterocycles. The number of benzene rings is 1. The van der Waals surface area contributed by atoms with Crippen molar-refractivity contribution < 1.29 is 5.11 Å². The molecule has 0 aliphatic carbocycles. The molecule has 16 heavy (non-hydrogen) atoms. The van der Waals surface area contributed by atoms with Gasteiger partial charge in [-0.1, -0.05) is 23.2 Å². The fourth-order valence-corrected chi connectivity index (χ4v) is 1.87. The minimum atomic E-state index is 0.131. The smallest absolute Gasteiger partial charge is 0.144 e. The summed E-state index contributed by atoms with van der Waals surface area (Å²) in [5, 5.41) is 11.0. The lowest BCUT2D eigenvalue weighted by Crippen LogP contribution is -1.86. The second-order valence-electron chi connectivity index (χ2n) is 3.42. The van der Waals surface area contributed by atoms with Crippen molar-refractivity contribution in [2.75, 3.05) is 0 Å². The molecule has 0 bridgehead atoms. The molecule has 0 saturated carbocycles. The number of nitrogens with zero attached hydrogens (tertiary/aromatic N) is 1. The van der Waals surface area contributed by atoms with Crippen LogP contribution in [-0.2, 0) is 0 Å². The SMILES string of the molecule is Cc1nccc(-c2cc(Cl)ccc2Cl)c1O. The fourth-order valence-electron chi connectivity index (χ4n) is 1.48. The highest BCUT2D eigenvalue weighted by Gasteiger charge is 2.10. The van der Waals surface area contributed by atoms with Crippen LogP contribution < -0.4 is 0 Å². The van der Waals surface area contributed by atoms with Crippen molar-refractivity contribution in [3.8, 4) is 16.9 Å². The summed E-state index contributed by atoms with van der Waals surface area (Å²) >= 11 is 12.0. The Morgan fingerprint density at radius 2 is 1.88 bits per heavy atom. The average molecular weight is 254 g/mol. The topological polar surface area (TPSA) is 33.1 Å². The number of hydrogen-bond acceptors (Lipinski definition) is 2.